The zero-order chi connectivity index (χ0) is 31.6. The van der Waals surface area contributed by atoms with E-state index in [1.807, 2.05) is 13.8 Å². The van der Waals surface area contributed by atoms with E-state index < -0.39 is 15.6 Å². The standard InChI is InChI=1S/2C16H35O4P.K.Na/c2*1-3-5-7-8-9-10-11-12-13-14-16-20-21(17,18)19-15-6-4-2;;/h2*3-16H2,1-2H3,(H,17,18);;/q;;2*+1/p-2. The maximum atomic E-state index is 11.3. The molecule has 0 aliphatic rings. The Morgan fingerprint density at radius 3 is 0.773 bits per heavy atom. The van der Waals surface area contributed by atoms with Crippen LogP contribution < -0.4 is 90.7 Å². The van der Waals surface area contributed by atoms with Crippen LogP contribution in [0.2, 0.25) is 0 Å². The van der Waals surface area contributed by atoms with Crippen LogP contribution in [0.5, 0.6) is 0 Å². The fourth-order valence-electron chi connectivity index (χ4n) is 4.25. The van der Waals surface area contributed by atoms with Gasteiger partial charge in [0.15, 0.2) is 0 Å². The summed E-state index contributed by atoms with van der Waals surface area (Å²) in [5.41, 5.74) is 0. The molecule has 0 aliphatic heterocycles. The first-order valence-electron chi connectivity index (χ1n) is 17.4. The number of hydrogen-bond acceptors (Lipinski definition) is 8. The van der Waals surface area contributed by atoms with Gasteiger partial charge in [0.05, 0.1) is 26.4 Å². The molecule has 2 atom stereocenters. The third-order valence-corrected chi connectivity index (χ3v) is 8.98. The van der Waals surface area contributed by atoms with Crippen LogP contribution in [0, 0.1) is 0 Å². The summed E-state index contributed by atoms with van der Waals surface area (Å²) in [7, 11) is -8.10. The van der Waals surface area contributed by atoms with Gasteiger partial charge in [0.1, 0.15) is 0 Å². The Labute approximate surface area is 338 Å². The second kappa shape index (κ2) is 42.0. The van der Waals surface area contributed by atoms with Gasteiger partial charge < -0.3 is 27.9 Å². The van der Waals surface area contributed by atoms with E-state index in [0.29, 0.717) is 0 Å². The van der Waals surface area contributed by atoms with E-state index in [9.17, 15) is 18.9 Å². The minimum atomic E-state index is -4.05. The summed E-state index contributed by atoms with van der Waals surface area (Å²) < 4.78 is 41.8. The topological polar surface area (TPSA) is 117 Å². The van der Waals surface area contributed by atoms with E-state index in [0.717, 1.165) is 64.2 Å². The zero-order valence-corrected chi connectivity index (χ0v) is 36.9. The van der Waals surface area contributed by atoms with Crippen LogP contribution in [0.1, 0.15) is 182 Å². The maximum Gasteiger partial charge on any atom is 1.00 e. The van der Waals surface area contributed by atoms with Gasteiger partial charge in [-0.2, -0.15) is 0 Å². The number of hydrogen-bond donors (Lipinski definition) is 0. The number of rotatable bonds is 32. The Bertz CT molecular complexity index is 583. The normalized spacial score (nSPS) is 13.6. The van der Waals surface area contributed by atoms with E-state index in [-0.39, 0.29) is 107 Å². The van der Waals surface area contributed by atoms with Crippen LogP contribution in [0.4, 0.5) is 0 Å². The van der Waals surface area contributed by atoms with Crippen molar-refractivity contribution in [2.75, 3.05) is 26.4 Å². The monoisotopic (exact) mass is 704 g/mol. The molecular formula is C32H68KNaO8P2. The molecule has 0 rings (SSSR count). The molecule has 44 heavy (non-hydrogen) atoms. The molecule has 2 unspecified atom stereocenters. The Morgan fingerprint density at radius 2 is 0.545 bits per heavy atom. The molecule has 0 N–H and O–H groups in total. The molecule has 0 saturated heterocycles. The van der Waals surface area contributed by atoms with Crippen molar-refractivity contribution in [2.24, 2.45) is 0 Å². The minimum absolute atomic E-state index is 0. The van der Waals surface area contributed by atoms with E-state index in [1.54, 1.807) is 0 Å². The van der Waals surface area contributed by atoms with Crippen LogP contribution in [0.15, 0.2) is 0 Å². The maximum absolute atomic E-state index is 11.3. The third kappa shape index (κ3) is 47.0. The van der Waals surface area contributed by atoms with E-state index >= 15 is 0 Å². The summed E-state index contributed by atoms with van der Waals surface area (Å²) in [4.78, 5) is 22.7. The molecular weight excluding hydrogens is 636 g/mol. The first-order valence-corrected chi connectivity index (χ1v) is 20.4. The quantitative estimate of drug-likeness (QED) is 0.0574. The summed E-state index contributed by atoms with van der Waals surface area (Å²) in [6.07, 6.45) is 27.8. The van der Waals surface area contributed by atoms with Gasteiger partial charge in [-0.15, -0.1) is 0 Å². The average molecular weight is 705 g/mol. The van der Waals surface area contributed by atoms with Crippen LogP contribution >= 0.6 is 15.6 Å². The molecule has 256 valence electrons. The SMILES string of the molecule is CCCCCCCCCCCCOP(=O)([O-])OCCCC.CCCCCCCCCCCCOP(=O)([O-])OCCCC.[K+].[Na+]. The molecule has 0 heterocycles. The van der Waals surface area contributed by atoms with Crippen LogP contribution in [0.3, 0.4) is 0 Å². The Balaban J connectivity index is -0.000000348. The van der Waals surface area contributed by atoms with Crippen molar-refractivity contribution in [1.29, 1.82) is 0 Å². The molecule has 0 fully saturated rings. The molecule has 0 aliphatic carbocycles. The predicted molar refractivity (Wildman–Crippen MR) is 173 cm³/mol. The second-order valence-electron chi connectivity index (χ2n) is 11.3. The average Bonchev–Trinajstić information content (AvgIpc) is 2.95. The van der Waals surface area contributed by atoms with E-state index in [1.165, 1.54) is 89.9 Å². The minimum Gasteiger partial charge on any atom is -0.756 e. The largest absolute Gasteiger partial charge is 1.00 e. The zero-order valence-electron chi connectivity index (χ0n) is 30.0. The molecule has 0 aromatic rings. The smallest absolute Gasteiger partial charge is 0.756 e. The number of unbranched alkanes of at least 4 members (excludes halogenated alkanes) is 20. The van der Waals surface area contributed by atoms with Gasteiger partial charge in [-0.1, -0.05) is 156 Å². The fraction of sp³-hybridized carbons (Fsp3) is 1.00. The van der Waals surface area contributed by atoms with Crippen LogP contribution in [-0.2, 0) is 27.2 Å². The number of phosphoric acid groups is 2. The van der Waals surface area contributed by atoms with Gasteiger partial charge in [0.2, 0.25) is 0 Å². The molecule has 0 spiro atoms. The summed E-state index contributed by atoms with van der Waals surface area (Å²) in [6.45, 7) is 9.42. The second-order valence-corrected chi connectivity index (χ2v) is 14.1. The fourth-order valence-corrected chi connectivity index (χ4v) is 5.81. The van der Waals surface area contributed by atoms with Gasteiger partial charge in [-0.25, -0.2) is 0 Å². The molecule has 0 aromatic carbocycles. The van der Waals surface area contributed by atoms with Crippen molar-refractivity contribution in [3.63, 3.8) is 0 Å². The number of phosphoric ester groups is 2. The molecule has 12 heteroatoms. The molecule has 0 amide bonds. The van der Waals surface area contributed by atoms with Crippen molar-refractivity contribution in [1.82, 2.24) is 0 Å². The summed E-state index contributed by atoms with van der Waals surface area (Å²) in [5.74, 6) is 0. The van der Waals surface area contributed by atoms with Gasteiger partial charge >= 0.3 is 80.9 Å². The summed E-state index contributed by atoms with van der Waals surface area (Å²) in [5, 5.41) is 0. The van der Waals surface area contributed by atoms with E-state index in [2.05, 4.69) is 13.8 Å². The van der Waals surface area contributed by atoms with Gasteiger partial charge in [0, 0.05) is 0 Å². The van der Waals surface area contributed by atoms with Crippen molar-refractivity contribution in [3.8, 4) is 0 Å². The Hall–Kier alpha value is 2.86. The van der Waals surface area contributed by atoms with Crippen molar-refractivity contribution < 1.29 is 118 Å². The molecule has 8 nitrogen and oxygen atoms in total. The molecule has 0 radical (unpaired) electrons. The first-order chi connectivity index (χ1) is 20.2. The van der Waals surface area contributed by atoms with E-state index in [4.69, 9.17) is 18.1 Å². The molecule has 0 aromatic heterocycles. The Morgan fingerprint density at radius 1 is 0.364 bits per heavy atom. The summed E-state index contributed by atoms with van der Waals surface area (Å²) in [6, 6.07) is 0. The first kappa shape index (κ1) is 53.6. The van der Waals surface area contributed by atoms with Gasteiger partial charge in [0.25, 0.3) is 15.6 Å². The molecule has 0 saturated carbocycles. The summed E-state index contributed by atoms with van der Waals surface area (Å²) >= 11 is 0. The van der Waals surface area contributed by atoms with Crippen molar-refractivity contribution in [2.45, 2.75) is 182 Å². The van der Waals surface area contributed by atoms with Gasteiger partial charge in [-0.05, 0) is 25.7 Å². The molecule has 0 bridgehead atoms. The predicted octanol–water partition coefficient (Wildman–Crippen LogP) is 4.43. The van der Waals surface area contributed by atoms with Crippen molar-refractivity contribution in [3.05, 3.63) is 0 Å². The third-order valence-electron chi connectivity index (χ3n) is 6.99. The van der Waals surface area contributed by atoms with Crippen LogP contribution in [-0.4, -0.2) is 26.4 Å². The van der Waals surface area contributed by atoms with Crippen LogP contribution in [0.25, 0.3) is 0 Å². The Kier molecular flexibility index (Phi) is 51.2. The van der Waals surface area contributed by atoms with Crippen molar-refractivity contribution >= 4 is 15.6 Å². The van der Waals surface area contributed by atoms with Gasteiger partial charge in [-0.3, -0.25) is 9.13 Å².